The first-order chi connectivity index (χ1) is 12.4. The van der Waals surface area contributed by atoms with E-state index in [1.807, 2.05) is 30.3 Å². The third-order valence-corrected chi connectivity index (χ3v) is 3.66. The van der Waals surface area contributed by atoms with Gasteiger partial charge in [0.2, 0.25) is 0 Å². The fraction of sp³-hybridized carbons (Fsp3) is 0.316. The first kappa shape index (κ1) is 19.2. The Morgan fingerprint density at radius 3 is 2.58 bits per heavy atom. The minimum absolute atomic E-state index is 0.0962. The molecule has 2 atom stereocenters. The van der Waals surface area contributed by atoms with Crippen molar-refractivity contribution in [3.8, 4) is 0 Å². The highest BCUT2D eigenvalue weighted by Crippen LogP contribution is 2.24. The number of carbonyl (C=O) groups excluding carboxylic acids is 3. The first-order valence-electron chi connectivity index (χ1n) is 8.20. The van der Waals surface area contributed by atoms with Crippen molar-refractivity contribution in [3.05, 3.63) is 60.2 Å². The predicted octanol–water partition coefficient (Wildman–Crippen LogP) is 2.49. The number of benzene rings is 1. The van der Waals surface area contributed by atoms with Gasteiger partial charge >= 0.3 is 12.1 Å². The molecule has 1 aliphatic rings. The molecule has 1 N–H and O–H groups in total. The van der Waals surface area contributed by atoms with Crippen LogP contribution in [0.25, 0.3) is 0 Å². The van der Waals surface area contributed by atoms with E-state index in [4.69, 9.17) is 9.57 Å². The van der Waals surface area contributed by atoms with Crippen LogP contribution in [0.3, 0.4) is 0 Å². The summed E-state index contributed by atoms with van der Waals surface area (Å²) in [6, 6.07) is 7.85. The highest BCUT2D eigenvalue weighted by molar-refractivity contribution is 5.93. The quantitative estimate of drug-likeness (QED) is 0.460. The van der Waals surface area contributed by atoms with Gasteiger partial charge in [0.05, 0.1) is 0 Å². The molecule has 1 fully saturated rings. The van der Waals surface area contributed by atoms with Crippen LogP contribution < -0.4 is 5.32 Å². The van der Waals surface area contributed by atoms with Crippen molar-refractivity contribution in [2.45, 2.75) is 39.0 Å². The molecule has 0 aromatic heterocycles. The zero-order valence-electron chi connectivity index (χ0n) is 14.8. The Morgan fingerprint density at radius 1 is 1.27 bits per heavy atom. The van der Waals surface area contributed by atoms with Gasteiger partial charge in [-0.25, -0.2) is 9.59 Å². The van der Waals surface area contributed by atoms with Crippen LogP contribution in [0, 0.1) is 0 Å². The van der Waals surface area contributed by atoms with E-state index in [0.29, 0.717) is 6.42 Å². The molecule has 0 aliphatic carbocycles. The molecule has 1 heterocycles. The Bertz CT molecular complexity index is 710. The number of nitrogens with one attached hydrogen (secondary N) is 1. The molecule has 7 nitrogen and oxygen atoms in total. The Balaban J connectivity index is 1.90. The van der Waals surface area contributed by atoms with Crippen molar-refractivity contribution >= 4 is 18.0 Å². The number of hydroxylamine groups is 2. The van der Waals surface area contributed by atoms with Gasteiger partial charge in [0.15, 0.2) is 0 Å². The molecule has 7 heteroatoms. The first-order valence-corrected chi connectivity index (χ1v) is 8.20. The zero-order valence-corrected chi connectivity index (χ0v) is 14.8. The van der Waals surface area contributed by atoms with Gasteiger partial charge in [-0.3, -0.25) is 4.79 Å². The molecule has 0 radical (unpaired) electrons. The lowest BCUT2D eigenvalue weighted by Gasteiger charge is -2.43. The molecule has 1 saturated heterocycles. The topological polar surface area (TPSA) is 84.9 Å². The molecular formula is C19H22N2O5. The van der Waals surface area contributed by atoms with Crippen LogP contribution in [0.15, 0.2) is 54.6 Å². The number of allylic oxidation sites excluding steroid dienone is 1. The number of hydrogen-bond donors (Lipinski definition) is 1. The van der Waals surface area contributed by atoms with Crippen LogP contribution in [-0.4, -0.2) is 35.1 Å². The summed E-state index contributed by atoms with van der Waals surface area (Å²) in [5.41, 5.74) is 1.59. The van der Waals surface area contributed by atoms with E-state index < -0.39 is 30.1 Å². The van der Waals surface area contributed by atoms with Gasteiger partial charge in [0.25, 0.3) is 5.91 Å². The standard InChI is InChI=1S/C19H22N2O5/c1-4-8-15-17(18(23)21(15)26-16(22)11-13(2)3)20-19(24)25-12-14-9-6-5-7-10-14/h4-7,9-11,15,17H,1,8,12H2,2-3H3,(H,20,24)/t15-,17-/m1/s1. The van der Waals surface area contributed by atoms with Crippen molar-refractivity contribution in [1.82, 2.24) is 10.4 Å². The number of hydrogen-bond acceptors (Lipinski definition) is 5. The third kappa shape index (κ3) is 4.95. The van der Waals surface area contributed by atoms with Crippen molar-refractivity contribution in [1.29, 1.82) is 0 Å². The van der Waals surface area contributed by atoms with E-state index in [1.54, 1.807) is 19.9 Å². The summed E-state index contributed by atoms with van der Waals surface area (Å²) >= 11 is 0. The number of amides is 2. The molecule has 0 spiro atoms. The minimum Gasteiger partial charge on any atom is -0.445 e. The highest BCUT2D eigenvalue weighted by Gasteiger charge is 2.50. The van der Waals surface area contributed by atoms with Gasteiger partial charge < -0.3 is 14.9 Å². The smallest absolute Gasteiger partial charge is 0.408 e. The fourth-order valence-electron chi connectivity index (χ4n) is 2.44. The van der Waals surface area contributed by atoms with E-state index in [1.165, 1.54) is 6.08 Å². The number of nitrogens with zero attached hydrogens (tertiary/aromatic N) is 1. The van der Waals surface area contributed by atoms with Crippen LogP contribution in [0.1, 0.15) is 25.8 Å². The monoisotopic (exact) mass is 358 g/mol. The van der Waals surface area contributed by atoms with Gasteiger partial charge in [-0.1, -0.05) is 42.0 Å². The molecule has 0 saturated carbocycles. The summed E-state index contributed by atoms with van der Waals surface area (Å²) in [6.07, 6.45) is 2.52. The Labute approximate surface area is 152 Å². The van der Waals surface area contributed by atoms with E-state index in [9.17, 15) is 14.4 Å². The molecule has 1 aromatic carbocycles. The van der Waals surface area contributed by atoms with Crippen LogP contribution >= 0.6 is 0 Å². The molecular weight excluding hydrogens is 336 g/mol. The van der Waals surface area contributed by atoms with Crippen molar-refractivity contribution in [2.24, 2.45) is 0 Å². The SMILES string of the molecule is C=CC[C@@H]1[C@@H](NC(=O)OCc2ccccc2)C(=O)N1OC(=O)C=C(C)C. The fourth-order valence-corrected chi connectivity index (χ4v) is 2.44. The normalized spacial score (nSPS) is 18.4. The molecule has 2 amide bonds. The number of ether oxygens (including phenoxy) is 1. The molecule has 1 aromatic rings. The molecule has 2 rings (SSSR count). The number of β-lactam (4-membered cyclic amide) rings is 1. The highest BCUT2D eigenvalue weighted by atomic mass is 16.7. The summed E-state index contributed by atoms with van der Waals surface area (Å²) in [4.78, 5) is 40.9. The summed E-state index contributed by atoms with van der Waals surface area (Å²) in [5.74, 6) is -1.15. The third-order valence-electron chi connectivity index (χ3n) is 3.66. The van der Waals surface area contributed by atoms with Crippen LogP contribution in [0.2, 0.25) is 0 Å². The van der Waals surface area contributed by atoms with Crippen LogP contribution in [0.5, 0.6) is 0 Å². The zero-order chi connectivity index (χ0) is 19.1. The largest absolute Gasteiger partial charge is 0.445 e. The van der Waals surface area contributed by atoms with Gasteiger partial charge in [0, 0.05) is 6.08 Å². The van der Waals surface area contributed by atoms with Crippen molar-refractivity contribution < 1.29 is 24.0 Å². The molecule has 1 aliphatic heterocycles. The summed E-state index contributed by atoms with van der Waals surface area (Å²) in [7, 11) is 0. The van der Waals surface area contributed by atoms with Crippen molar-refractivity contribution in [2.75, 3.05) is 0 Å². The van der Waals surface area contributed by atoms with Crippen LogP contribution in [0.4, 0.5) is 4.79 Å². The average molecular weight is 358 g/mol. The van der Waals surface area contributed by atoms with E-state index >= 15 is 0 Å². The second-order valence-electron chi connectivity index (χ2n) is 6.07. The van der Waals surface area contributed by atoms with Gasteiger partial charge in [-0.2, -0.15) is 5.06 Å². The lowest BCUT2D eigenvalue weighted by molar-refractivity contribution is -0.228. The van der Waals surface area contributed by atoms with Gasteiger partial charge in [-0.15, -0.1) is 6.58 Å². The Morgan fingerprint density at radius 2 is 1.96 bits per heavy atom. The van der Waals surface area contributed by atoms with Gasteiger partial charge in [-0.05, 0) is 25.8 Å². The number of rotatable bonds is 7. The lowest BCUT2D eigenvalue weighted by Crippen LogP contribution is -2.70. The summed E-state index contributed by atoms with van der Waals surface area (Å²) < 4.78 is 5.11. The van der Waals surface area contributed by atoms with E-state index in [0.717, 1.165) is 16.2 Å². The number of alkyl carbamates (subject to hydrolysis) is 1. The second-order valence-corrected chi connectivity index (χ2v) is 6.07. The van der Waals surface area contributed by atoms with E-state index in [-0.39, 0.29) is 6.61 Å². The van der Waals surface area contributed by atoms with Crippen molar-refractivity contribution in [3.63, 3.8) is 0 Å². The summed E-state index contributed by atoms with van der Waals surface area (Å²) in [5, 5.41) is 3.47. The molecule has 138 valence electrons. The van der Waals surface area contributed by atoms with Crippen LogP contribution in [-0.2, 0) is 25.8 Å². The molecule has 0 bridgehead atoms. The predicted molar refractivity (Wildman–Crippen MR) is 94.5 cm³/mol. The second kappa shape index (κ2) is 8.84. The maximum absolute atomic E-state index is 12.2. The number of carbonyl (C=O) groups is 3. The molecule has 0 unspecified atom stereocenters. The van der Waals surface area contributed by atoms with E-state index in [2.05, 4.69) is 11.9 Å². The Hall–Kier alpha value is -3.09. The summed E-state index contributed by atoms with van der Waals surface area (Å²) in [6.45, 7) is 7.21. The molecule has 26 heavy (non-hydrogen) atoms. The Kier molecular flexibility index (Phi) is 6.54. The lowest BCUT2D eigenvalue weighted by atomic mass is 9.95. The maximum atomic E-state index is 12.2. The maximum Gasteiger partial charge on any atom is 0.408 e. The van der Waals surface area contributed by atoms with Gasteiger partial charge in [0.1, 0.15) is 18.7 Å². The minimum atomic E-state index is -0.823. The average Bonchev–Trinajstić information content (AvgIpc) is 2.61.